The summed E-state index contributed by atoms with van der Waals surface area (Å²) in [4.78, 5) is 0. The fraction of sp³-hybridized carbons (Fsp3) is 0.0769. The van der Waals surface area contributed by atoms with Gasteiger partial charge in [-0.15, -0.1) is 0 Å². The van der Waals surface area contributed by atoms with Gasteiger partial charge in [0.1, 0.15) is 0 Å². The minimum atomic E-state index is -0.885. The quantitative estimate of drug-likeness (QED) is 0.712. The lowest BCUT2D eigenvalue weighted by Gasteiger charge is -2.15. The number of hydrogen-bond acceptors (Lipinski definition) is 1. The van der Waals surface area contributed by atoms with Gasteiger partial charge >= 0.3 is 0 Å². The molecule has 0 aliphatic rings. The van der Waals surface area contributed by atoms with E-state index in [0.29, 0.717) is 5.56 Å². The molecule has 18 heavy (non-hydrogen) atoms. The lowest BCUT2D eigenvalue weighted by molar-refractivity contribution is 0.506. The Morgan fingerprint density at radius 2 is 1.78 bits per heavy atom. The van der Waals surface area contributed by atoms with E-state index in [1.807, 2.05) is 18.2 Å². The molecule has 0 aliphatic carbocycles. The maximum atomic E-state index is 13.2. The lowest BCUT2D eigenvalue weighted by Crippen LogP contribution is -2.13. The average molecular weight is 424 g/mol. The first-order valence-corrected chi connectivity index (χ1v) is 7.01. The van der Waals surface area contributed by atoms with Gasteiger partial charge in [0.2, 0.25) is 0 Å². The third-order valence-corrected chi connectivity index (χ3v) is 3.99. The van der Waals surface area contributed by atoms with E-state index < -0.39 is 17.7 Å². The van der Waals surface area contributed by atoms with Gasteiger partial charge in [-0.25, -0.2) is 8.78 Å². The lowest BCUT2D eigenvalue weighted by atomic mass is 9.99. The van der Waals surface area contributed by atoms with Crippen LogP contribution in [0.15, 0.2) is 40.9 Å². The van der Waals surface area contributed by atoms with Gasteiger partial charge in [0.15, 0.2) is 11.6 Å². The monoisotopic (exact) mass is 423 g/mol. The van der Waals surface area contributed by atoms with Gasteiger partial charge in [0.05, 0.1) is 6.04 Å². The summed E-state index contributed by atoms with van der Waals surface area (Å²) in [7, 11) is 0. The van der Waals surface area contributed by atoms with Gasteiger partial charge < -0.3 is 5.73 Å². The minimum absolute atomic E-state index is 0.496. The number of rotatable bonds is 2. The van der Waals surface area contributed by atoms with Crippen molar-refractivity contribution >= 4 is 38.5 Å². The van der Waals surface area contributed by atoms with E-state index in [0.717, 1.165) is 25.7 Å². The summed E-state index contributed by atoms with van der Waals surface area (Å²) in [6.45, 7) is 0. The van der Waals surface area contributed by atoms with E-state index in [-0.39, 0.29) is 0 Å². The van der Waals surface area contributed by atoms with Gasteiger partial charge in [0, 0.05) is 8.04 Å². The SMILES string of the molecule is NC(c1ccc(F)c(F)c1)c1cc(I)ccc1Br. The molecular weight excluding hydrogens is 415 g/mol. The topological polar surface area (TPSA) is 26.0 Å². The zero-order valence-corrected chi connectivity index (χ0v) is 12.9. The molecule has 1 unspecified atom stereocenters. The van der Waals surface area contributed by atoms with Gasteiger partial charge in [-0.2, -0.15) is 0 Å². The van der Waals surface area contributed by atoms with Crippen LogP contribution in [-0.2, 0) is 0 Å². The average Bonchev–Trinajstić information content (AvgIpc) is 2.35. The van der Waals surface area contributed by atoms with Gasteiger partial charge in [-0.3, -0.25) is 0 Å². The summed E-state index contributed by atoms with van der Waals surface area (Å²) < 4.78 is 28.0. The van der Waals surface area contributed by atoms with Gasteiger partial charge in [-0.05, 0) is 64.0 Å². The van der Waals surface area contributed by atoms with Crippen LogP contribution < -0.4 is 5.73 Å². The highest BCUT2D eigenvalue weighted by atomic mass is 127. The number of halogens is 4. The Morgan fingerprint density at radius 3 is 2.44 bits per heavy atom. The molecule has 2 aromatic rings. The molecule has 0 saturated carbocycles. The molecule has 2 N–H and O–H groups in total. The van der Waals surface area contributed by atoms with Crippen LogP contribution in [0.5, 0.6) is 0 Å². The van der Waals surface area contributed by atoms with E-state index in [1.54, 1.807) is 0 Å². The van der Waals surface area contributed by atoms with Crippen molar-refractivity contribution in [2.24, 2.45) is 5.73 Å². The molecule has 0 aromatic heterocycles. The molecule has 2 rings (SSSR count). The van der Waals surface area contributed by atoms with Crippen molar-refractivity contribution in [2.75, 3.05) is 0 Å². The molecule has 0 saturated heterocycles. The Kier molecular flexibility index (Phi) is 4.34. The van der Waals surface area contributed by atoms with E-state index in [1.165, 1.54) is 6.07 Å². The van der Waals surface area contributed by atoms with Crippen LogP contribution >= 0.6 is 38.5 Å². The summed E-state index contributed by atoms with van der Waals surface area (Å²) in [6, 6.07) is 8.96. The fourth-order valence-electron chi connectivity index (χ4n) is 1.64. The molecule has 0 amide bonds. The molecule has 0 spiro atoms. The third-order valence-electron chi connectivity index (χ3n) is 2.60. The first-order valence-electron chi connectivity index (χ1n) is 5.14. The van der Waals surface area contributed by atoms with Crippen molar-refractivity contribution in [1.29, 1.82) is 0 Å². The largest absolute Gasteiger partial charge is 0.320 e. The molecule has 2 aromatic carbocycles. The van der Waals surface area contributed by atoms with Crippen LogP contribution in [0.2, 0.25) is 0 Å². The molecular formula is C13H9BrF2IN. The minimum Gasteiger partial charge on any atom is -0.320 e. The summed E-state index contributed by atoms with van der Waals surface area (Å²) >= 11 is 5.59. The van der Waals surface area contributed by atoms with Crippen molar-refractivity contribution in [3.63, 3.8) is 0 Å². The highest BCUT2D eigenvalue weighted by molar-refractivity contribution is 14.1. The third kappa shape index (κ3) is 2.89. The van der Waals surface area contributed by atoms with Crippen LogP contribution in [-0.4, -0.2) is 0 Å². The number of hydrogen-bond donors (Lipinski definition) is 1. The number of nitrogens with two attached hydrogens (primary N) is 1. The molecule has 0 bridgehead atoms. The predicted octanol–water partition coefficient (Wildman–Crippen LogP) is 4.38. The maximum absolute atomic E-state index is 13.2. The Hall–Kier alpha value is -0.530. The summed E-state index contributed by atoms with van der Waals surface area (Å²) in [6.07, 6.45) is 0. The van der Waals surface area contributed by atoms with Gasteiger partial charge in [-0.1, -0.05) is 22.0 Å². The second-order valence-electron chi connectivity index (χ2n) is 3.82. The van der Waals surface area contributed by atoms with Gasteiger partial charge in [0.25, 0.3) is 0 Å². The van der Waals surface area contributed by atoms with Crippen LogP contribution in [0, 0.1) is 15.2 Å². The van der Waals surface area contributed by atoms with E-state index in [4.69, 9.17) is 5.73 Å². The standard InChI is InChI=1S/C13H9BrF2IN/c14-10-3-2-8(17)6-9(10)13(18)7-1-4-11(15)12(16)5-7/h1-6,13H,18H2. The highest BCUT2D eigenvalue weighted by Gasteiger charge is 2.14. The smallest absolute Gasteiger partial charge is 0.159 e. The first kappa shape index (κ1) is 13.9. The normalized spacial score (nSPS) is 12.5. The Morgan fingerprint density at radius 1 is 1.06 bits per heavy atom. The van der Waals surface area contributed by atoms with Crippen molar-refractivity contribution in [3.05, 3.63) is 67.2 Å². The molecule has 1 nitrogen and oxygen atoms in total. The van der Waals surface area contributed by atoms with E-state index >= 15 is 0 Å². The number of benzene rings is 2. The highest BCUT2D eigenvalue weighted by Crippen LogP contribution is 2.29. The summed E-state index contributed by atoms with van der Waals surface area (Å²) in [5, 5.41) is 0. The van der Waals surface area contributed by atoms with Crippen molar-refractivity contribution < 1.29 is 8.78 Å². The van der Waals surface area contributed by atoms with Crippen molar-refractivity contribution in [1.82, 2.24) is 0 Å². The van der Waals surface area contributed by atoms with Crippen molar-refractivity contribution in [3.8, 4) is 0 Å². The van der Waals surface area contributed by atoms with Crippen LogP contribution in [0.1, 0.15) is 17.2 Å². The molecule has 0 radical (unpaired) electrons. The zero-order valence-electron chi connectivity index (χ0n) is 9.13. The maximum Gasteiger partial charge on any atom is 0.159 e. The van der Waals surface area contributed by atoms with Crippen LogP contribution in [0.3, 0.4) is 0 Å². The fourth-order valence-corrected chi connectivity index (χ4v) is 2.65. The van der Waals surface area contributed by atoms with Crippen LogP contribution in [0.25, 0.3) is 0 Å². The van der Waals surface area contributed by atoms with Crippen molar-refractivity contribution in [2.45, 2.75) is 6.04 Å². The summed E-state index contributed by atoms with van der Waals surface area (Å²) in [5.41, 5.74) is 7.46. The molecule has 0 fully saturated rings. The molecule has 0 aliphatic heterocycles. The first-order chi connectivity index (χ1) is 8.49. The Labute approximate surface area is 126 Å². The Bertz CT molecular complexity index is 589. The zero-order chi connectivity index (χ0) is 13.3. The molecule has 1 atom stereocenters. The summed E-state index contributed by atoms with van der Waals surface area (Å²) in [5.74, 6) is -1.75. The van der Waals surface area contributed by atoms with E-state index in [2.05, 4.69) is 38.5 Å². The predicted molar refractivity (Wildman–Crippen MR) is 79.2 cm³/mol. The molecule has 5 heteroatoms. The van der Waals surface area contributed by atoms with Crippen LogP contribution in [0.4, 0.5) is 8.78 Å². The van der Waals surface area contributed by atoms with E-state index in [9.17, 15) is 8.78 Å². The Balaban J connectivity index is 2.44. The molecule has 0 heterocycles. The second kappa shape index (κ2) is 5.63. The molecule has 94 valence electrons. The second-order valence-corrected chi connectivity index (χ2v) is 5.92.